The third-order valence-electron chi connectivity index (χ3n) is 5.82. The number of hydrogen-bond donors (Lipinski definition) is 1. The number of rotatable bonds is 5. The zero-order valence-electron chi connectivity index (χ0n) is 17.5. The second-order valence-electron chi connectivity index (χ2n) is 7.75. The van der Waals surface area contributed by atoms with Crippen LogP contribution in [0, 0.1) is 5.82 Å². The van der Waals surface area contributed by atoms with E-state index in [1.54, 1.807) is 18.5 Å². The highest BCUT2D eigenvalue weighted by Crippen LogP contribution is 2.33. The molecule has 4 aromatic rings. The van der Waals surface area contributed by atoms with Crippen LogP contribution in [0.15, 0.2) is 43.4 Å². The van der Waals surface area contributed by atoms with E-state index in [9.17, 15) is 0 Å². The van der Waals surface area contributed by atoms with Crippen LogP contribution >= 0.6 is 11.6 Å². The van der Waals surface area contributed by atoms with Crippen LogP contribution in [0.25, 0.3) is 11.0 Å². The Hall–Kier alpha value is -3.33. The average Bonchev–Trinajstić information content (AvgIpc) is 3.18. The predicted octanol–water partition coefficient (Wildman–Crippen LogP) is 4.56. The zero-order valence-corrected chi connectivity index (χ0v) is 18.3. The molecule has 0 unspecified atom stereocenters. The number of piperidine rings is 1. The highest BCUT2D eigenvalue weighted by atomic mass is 35.5. The largest absolute Gasteiger partial charge is 0.341 e. The van der Waals surface area contributed by atoms with Crippen molar-refractivity contribution in [2.45, 2.75) is 32.2 Å². The fraction of sp³-hybridized carbons (Fsp3) is 0.318. The van der Waals surface area contributed by atoms with Crippen LogP contribution < -0.4 is 10.2 Å². The Morgan fingerprint density at radius 3 is 2.62 bits per heavy atom. The Morgan fingerprint density at radius 1 is 1.12 bits per heavy atom. The van der Waals surface area contributed by atoms with Crippen LogP contribution in [0.4, 0.5) is 21.8 Å². The minimum Gasteiger partial charge on any atom is -0.341 e. The maximum absolute atomic E-state index is 15.0. The summed E-state index contributed by atoms with van der Waals surface area (Å²) in [5.74, 6) is 0.735. The zero-order chi connectivity index (χ0) is 22.1. The van der Waals surface area contributed by atoms with Gasteiger partial charge in [0.25, 0.3) is 0 Å². The third-order valence-corrected chi connectivity index (χ3v) is 6.15. The van der Waals surface area contributed by atoms with Crippen LogP contribution in [0.3, 0.4) is 0 Å². The summed E-state index contributed by atoms with van der Waals surface area (Å²) in [5, 5.41) is 3.91. The molecule has 164 valence electrons. The molecule has 0 amide bonds. The molecule has 0 radical (unpaired) electrons. The SMILES string of the molecule is CCc1cnc(N2CCC(n3cc(F)c4c(Nc5cnccc5Cl)ncnc43)CC2)nc1. The molecule has 0 aromatic carbocycles. The van der Waals surface area contributed by atoms with Crippen molar-refractivity contribution in [1.29, 1.82) is 0 Å². The van der Waals surface area contributed by atoms with Gasteiger partial charge in [0.15, 0.2) is 5.82 Å². The van der Waals surface area contributed by atoms with Crippen LogP contribution in [0.2, 0.25) is 5.02 Å². The first-order valence-electron chi connectivity index (χ1n) is 10.6. The van der Waals surface area contributed by atoms with E-state index in [0.717, 1.165) is 43.9 Å². The van der Waals surface area contributed by atoms with Gasteiger partial charge in [0.2, 0.25) is 5.95 Å². The fourth-order valence-electron chi connectivity index (χ4n) is 4.05. The number of pyridine rings is 1. The van der Waals surface area contributed by atoms with Gasteiger partial charge < -0.3 is 14.8 Å². The first-order chi connectivity index (χ1) is 15.6. The quantitative estimate of drug-likeness (QED) is 0.475. The predicted molar refractivity (Wildman–Crippen MR) is 122 cm³/mol. The maximum atomic E-state index is 15.0. The van der Waals surface area contributed by atoms with Gasteiger partial charge in [0, 0.05) is 43.9 Å². The smallest absolute Gasteiger partial charge is 0.225 e. The van der Waals surface area contributed by atoms with Gasteiger partial charge in [-0.05, 0) is 30.9 Å². The maximum Gasteiger partial charge on any atom is 0.225 e. The lowest BCUT2D eigenvalue weighted by atomic mass is 10.1. The van der Waals surface area contributed by atoms with E-state index in [0.29, 0.717) is 27.6 Å². The van der Waals surface area contributed by atoms with Gasteiger partial charge in [-0.25, -0.2) is 24.3 Å². The topological polar surface area (TPSA) is 84.7 Å². The number of aryl methyl sites for hydroxylation is 1. The van der Waals surface area contributed by atoms with Gasteiger partial charge in [-0.3, -0.25) is 4.98 Å². The monoisotopic (exact) mass is 452 g/mol. The molecule has 0 aliphatic carbocycles. The van der Waals surface area contributed by atoms with E-state index in [2.05, 4.69) is 42.1 Å². The Bertz CT molecular complexity index is 1230. The van der Waals surface area contributed by atoms with E-state index in [1.807, 2.05) is 17.0 Å². The standard InChI is InChI=1S/C22H22ClFN8/c1-2-14-9-26-22(27-10-14)31-7-4-15(5-8-31)32-12-17(24)19-20(28-13-29-21(19)32)30-18-11-25-6-3-16(18)23/h3,6,9-13,15H,2,4-5,7-8H2,1H3,(H,28,29,30). The summed E-state index contributed by atoms with van der Waals surface area (Å²) in [5.41, 5.74) is 2.24. The van der Waals surface area contributed by atoms with Crippen LogP contribution in [0.1, 0.15) is 31.4 Å². The van der Waals surface area contributed by atoms with Crippen molar-refractivity contribution in [1.82, 2.24) is 29.5 Å². The summed E-state index contributed by atoms with van der Waals surface area (Å²) in [4.78, 5) is 23.8. The molecule has 8 nitrogen and oxygen atoms in total. The molecule has 1 fully saturated rings. The molecule has 1 aliphatic heterocycles. The molecular weight excluding hydrogens is 431 g/mol. The van der Waals surface area contributed by atoms with Gasteiger partial charge in [0.1, 0.15) is 17.8 Å². The molecule has 1 saturated heterocycles. The lowest BCUT2D eigenvalue weighted by molar-refractivity contribution is 0.398. The summed E-state index contributed by atoms with van der Waals surface area (Å²) >= 11 is 6.21. The molecule has 0 bridgehead atoms. The van der Waals surface area contributed by atoms with Gasteiger partial charge in [-0.15, -0.1) is 0 Å². The molecule has 0 saturated carbocycles. The minimum absolute atomic E-state index is 0.123. The number of nitrogens with zero attached hydrogens (tertiary/aromatic N) is 7. The van der Waals surface area contributed by atoms with E-state index in [1.165, 1.54) is 12.5 Å². The Morgan fingerprint density at radius 2 is 1.91 bits per heavy atom. The van der Waals surface area contributed by atoms with E-state index in [-0.39, 0.29) is 11.9 Å². The molecule has 10 heteroatoms. The van der Waals surface area contributed by atoms with E-state index >= 15 is 4.39 Å². The highest BCUT2D eigenvalue weighted by molar-refractivity contribution is 6.33. The summed E-state index contributed by atoms with van der Waals surface area (Å²) in [6.07, 6.45) is 12.5. The summed E-state index contributed by atoms with van der Waals surface area (Å²) < 4.78 is 16.9. The van der Waals surface area contributed by atoms with Crippen molar-refractivity contribution in [3.63, 3.8) is 0 Å². The molecule has 4 aromatic heterocycles. The number of fused-ring (bicyclic) bond motifs is 1. The van der Waals surface area contributed by atoms with Crippen molar-refractivity contribution >= 4 is 40.1 Å². The molecule has 1 N–H and O–H groups in total. The third kappa shape index (κ3) is 3.84. The molecule has 5 heterocycles. The Labute approximate surface area is 189 Å². The summed E-state index contributed by atoms with van der Waals surface area (Å²) in [6, 6.07) is 1.79. The van der Waals surface area contributed by atoms with Crippen LogP contribution in [0.5, 0.6) is 0 Å². The van der Waals surface area contributed by atoms with Gasteiger partial charge >= 0.3 is 0 Å². The Kier molecular flexibility index (Phi) is 5.57. The van der Waals surface area contributed by atoms with Gasteiger partial charge in [-0.1, -0.05) is 18.5 Å². The Balaban J connectivity index is 1.38. The van der Waals surface area contributed by atoms with Crippen LogP contribution in [-0.4, -0.2) is 42.6 Å². The summed E-state index contributed by atoms with van der Waals surface area (Å²) in [6.45, 7) is 3.66. The number of hydrogen-bond acceptors (Lipinski definition) is 7. The van der Waals surface area contributed by atoms with E-state index < -0.39 is 0 Å². The van der Waals surface area contributed by atoms with E-state index in [4.69, 9.17) is 11.6 Å². The molecule has 1 aliphatic rings. The van der Waals surface area contributed by atoms with Gasteiger partial charge in [-0.2, -0.15) is 0 Å². The highest BCUT2D eigenvalue weighted by Gasteiger charge is 2.26. The molecule has 32 heavy (non-hydrogen) atoms. The number of nitrogens with one attached hydrogen (secondary N) is 1. The first kappa shape index (κ1) is 20.6. The minimum atomic E-state index is -0.371. The fourth-order valence-corrected chi connectivity index (χ4v) is 4.20. The van der Waals surface area contributed by atoms with Gasteiger partial charge in [0.05, 0.1) is 22.3 Å². The van der Waals surface area contributed by atoms with Crippen molar-refractivity contribution in [3.8, 4) is 0 Å². The normalized spacial score (nSPS) is 14.8. The van der Waals surface area contributed by atoms with Crippen molar-refractivity contribution in [2.24, 2.45) is 0 Å². The summed E-state index contributed by atoms with van der Waals surface area (Å²) in [7, 11) is 0. The second kappa shape index (κ2) is 8.66. The number of halogens is 2. The van der Waals surface area contributed by atoms with Crippen molar-refractivity contribution in [3.05, 3.63) is 59.8 Å². The second-order valence-corrected chi connectivity index (χ2v) is 8.16. The first-order valence-corrected chi connectivity index (χ1v) is 10.9. The molecule has 0 spiro atoms. The number of anilines is 3. The molecular formula is C22H22ClFN8. The van der Waals surface area contributed by atoms with Crippen molar-refractivity contribution in [2.75, 3.05) is 23.3 Å². The van der Waals surface area contributed by atoms with Crippen LogP contribution in [-0.2, 0) is 6.42 Å². The average molecular weight is 453 g/mol. The number of aromatic nitrogens is 6. The van der Waals surface area contributed by atoms with Crippen molar-refractivity contribution < 1.29 is 4.39 Å². The molecule has 5 rings (SSSR count). The lowest BCUT2D eigenvalue weighted by Gasteiger charge is -2.32. The lowest BCUT2D eigenvalue weighted by Crippen LogP contribution is -2.35. The molecule has 0 atom stereocenters.